The third-order valence-corrected chi connectivity index (χ3v) is 4.55. The van der Waals surface area contributed by atoms with Gasteiger partial charge in [0.1, 0.15) is 11.0 Å². The maximum Gasteiger partial charge on any atom is 0.245 e. The highest BCUT2D eigenvalue weighted by molar-refractivity contribution is 8.04. The van der Waals surface area contributed by atoms with E-state index in [4.69, 9.17) is 0 Å². The van der Waals surface area contributed by atoms with Gasteiger partial charge < -0.3 is 10.0 Å². The maximum atomic E-state index is 12.3. The van der Waals surface area contributed by atoms with Crippen molar-refractivity contribution in [3.05, 3.63) is 40.9 Å². The number of aromatic hydroxyl groups is 1. The molecule has 102 valence electrons. The van der Waals surface area contributed by atoms with Crippen LogP contribution in [0.2, 0.25) is 0 Å². The third-order valence-electron chi connectivity index (χ3n) is 3.31. The molecule has 3 nitrogen and oxygen atoms in total. The number of hydrogen-bond acceptors (Lipinski definition) is 3. The first kappa shape index (κ1) is 14.0. The quantitative estimate of drug-likeness (QED) is 0.855. The van der Waals surface area contributed by atoms with Crippen molar-refractivity contribution >= 4 is 17.7 Å². The summed E-state index contributed by atoms with van der Waals surface area (Å²) in [6.45, 7) is 10.1. The lowest BCUT2D eigenvalue weighted by Gasteiger charge is -2.25. The van der Waals surface area contributed by atoms with Crippen molar-refractivity contribution in [2.75, 3.05) is 7.05 Å². The smallest absolute Gasteiger partial charge is 0.245 e. The van der Waals surface area contributed by atoms with Crippen LogP contribution in [0.5, 0.6) is 5.75 Å². The highest BCUT2D eigenvalue weighted by atomic mass is 32.2. The fourth-order valence-electron chi connectivity index (χ4n) is 2.18. The summed E-state index contributed by atoms with van der Waals surface area (Å²) in [6, 6.07) is 5.24. The van der Waals surface area contributed by atoms with Gasteiger partial charge in [0, 0.05) is 7.05 Å². The summed E-state index contributed by atoms with van der Waals surface area (Å²) < 4.78 is 0. The molecule has 1 aliphatic rings. The monoisotopic (exact) mass is 277 g/mol. The van der Waals surface area contributed by atoms with Gasteiger partial charge in [-0.1, -0.05) is 45.2 Å². The number of nitrogens with zero attached hydrogens (tertiary/aromatic N) is 1. The molecule has 1 unspecified atom stereocenters. The second-order valence-corrected chi connectivity index (χ2v) is 6.99. The predicted molar refractivity (Wildman–Crippen MR) is 79.0 cm³/mol. The summed E-state index contributed by atoms with van der Waals surface area (Å²) in [5.74, 6) is 0.280. The largest absolute Gasteiger partial charge is 0.508 e. The van der Waals surface area contributed by atoms with Crippen LogP contribution in [0.25, 0.3) is 0 Å². The molecule has 1 amide bonds. The van der Waals surface area contributed by atoms with E-state index in [1.807, 2.05) is 6.07 Å². The Kier molecular flexibility index (Phi) is 3.39. The highest BCUT2D eigenvalue weighted by Crippen LogP contribution is 2.46. The van der Waals surface area contributed by atoms with Crippen molar-refractivity contribution in [2.45, 2.75) is 31.4 Å². The van der Waals surface area contributed by atoms with E-state index >= 15 is 0 Å². The minimum atomic E-state index is -0.257. The lowest BCUT2D eigenvalue weighted by atomic mass is 9.82. The third kappa shape index (κ3) is 2.50. The molecular weight excluding hydrogens is 258 g/mol. The van der Waals surface area contributed by atoms with Crippen LogP contribution in [-0.4, -0.2) is 23.0 Å². The minimum absolute atomic E-state index is 0.0474. The van der Waals surface area contributed by atoms with Crippen LogP contribution in [0, 0.1) is 0 Å². The molecular formula is C15H19NO2S. The molecule has 1 heterocycles. The van der Waals surface area contributed by atoms with Gasteiger partial charge in [-0.25, -0.2) is 0 Å². The van der Waals surface area contributed by atoms with Crippen molar-refractivity contribution in [3.8, 4) is 5.75 Å². The topological polar surface area (TPSA) is 40.5 Å². The normalized spacial score (nSPS) is 20.2. The standard InChI is InChI=1S/C15H19NO2S/c1-9-16(5)14(18)13(19-9)11-7-6-10(17)8-12(11)15(2,3)4/h6-8,13,17H,1H2,2-5H3. The van der Waals surface area contributed by atoms with Crippen LogP contribution < -0.4 is 0 Å². The minimum Gasteiger partial charge on any atom is -0.508 e. The van der Waals surface area contributed by atoms with Gasteiger partial charge in [0.05, 0.1) is 5.03 Å². The molecule has 0 radical (unpaired) electrons. The van der Waals surface area contributed by atoms with E-state index in [2.05, 4.69) is 27.4 Å². The van der Waals surface area contributed by atoms with E-state index in [-0.39, 0.29) is 22.3 Å². The Hall–Kier alpha value is -1.42. The van der Waals surface area contributed by atoms with Gasteiger partial charge in [-0.15, -0.1) is 0 Å². The Morgan fingerprint density at radius 3 is 2.47 bits per heavy atom. The average Bonchev–Trinajstić information content (AvgIpc) is 2.56. The van der Waals surface area contributed by atoms with Crippen molar-refractivity contribution in [3.63, 3.8) is 0 Å². The Morgan fingerprint density at radius 1 is 1.37 bits per heavy atom. The number of likely N-dealkylation sites (N-methyl/N-ethyl adjacent to an activating group) is 1. The second-order valence-electron chi connectivity index (χ2n) is 5.81. The summed E-state index contributed by atoms with van der Waals surface area (Å²) in [7, 11) is 1.74. The fraction of sp³-hybridized carbons (Fsp3) is 0.400. The molecule has 4 heteroatoms. The van der Waals surface area contributed by atoms with E-state index in [1.165, 1.54) is 11.8 Å². The molecule has 0 spiro atoms. The molecule has 19 heavy (non-hydrogen) atoms. The van der Waals surface area contributed by atoms with Crippen LogP contribution in [-0.2, 0) is 10.2 Å². The zero-order valence-corrected chi connectivity index (χ0v) is 12.5. The number of carbonyl (C=O) groups is 1. The molecule has 2 rings (SSSR count). The first-order chi connectivity index (χ1) is 8.71. The molecule has 1 aromatic rings. The summed E-state index contributed by atoms with van der Waals surface area (Å²) in [4.78, 5) is 13.9. The average molecular weight is 277 g/mol. The van der Waals surface area contributed by atoms with E-state index in [0.717, 1.165) is 16.2 Å². The number of benzene rings is 1. The molecule has 1 N–H and O–H groups in total. The van der Waals surface area contributed by atoms with Crippen molar-refractivity contribution in [1.82, 2.24) is 4.90 Å². The Labute approximate surface area is 118 Å². The maximum absolute atomic E-state index is 12.3. The molecule has 0 aromatic heterocycles. The second kappa shape index (κ2) is 4.60. The van der Waals surface area contributed by atoms with E-state index in [0.29, 0.717) is 0 Å². The van der Waals surface area contributed by atoms with Gasteiger partial charge >= 0.3 is 0 Å². The highest BCUT2D eigenvalue weighted by Gasteiger charge is 2.37. The van der Waals surface area contributed by atoms with E-state index < -0.39 is 0 Å². The summed E-state index contributed by atoms with van der Waals surface area (Å²) in [5, 5.41) is 10.2. The van der Waals surface area contributed by atoms with E-state index in [9.17, 15) is 9.90 Å². The Morgan fingerprint density at radius 2 is 2.00 bits per heavy atom. The van der Waals surface area contributed by atoms with Crippen molar-refractivity contribution < 1.29 is 9.90 Å². The predicted octanol–water partition coefficient (Wildman–Crippen LogP) is 3.41. The number of carbonyl (C=O) groups excluding carboxylic acids is 1. The van der Waals surface area contributed by atoms with Crippen LogP contribution >= 0.6 is 11.8 Å². The Balaban J connectivity index is 2.52. The van der Waals surface area contributed by atoms with Gasteiger partial charge in [-0.05, 0) is 28.7 Å². The van der Waals surface area contributed by atoms with Gasteiger partial charge in [-0.2, -0.15) is 0 Å². The fourth-order valence-corrected chi connectivity index (χ4v) is 3.29. The van der Waals surface area contributed by atoms with Crippen LogP contribution in [0.3, 0.4) is 0 Å². The molecule has 1 saturated heterocycles. The first-order valence-electron chi connectivity index (χ1n) is 6.18. The zero-order chi connectivity index (χ0) is 14.4. The number of hydrogen-bond donors (Lipinski definition) is 1. The zero-order valence-electron chi connectivity index (χ0n) is 11.7. The number of thioether (sulfide) groups is 1. The van der Waals surface area contributed by atoms with Gasteiger partial charge in [-0.3, -0.25) is 4.79 Å². The molecule has 0 saturated carbocycles. The lowest BCUT2D eigenvalue weighted by molar-refractivity contribution is -0.126. The number of amides is 1. The van der Waals surface area contributed by atoms with Crippen LogP contribution in [0.15, 0.2) is 29.8 Å². The number of rotatable bonds is 1. The Bertz CT molecular complexity index is 546. The molecule has 1 aliphatic heterocycles. The molecule has 0 bridgehead atoms. The van der Waals surface area contributed by atoms with Crippen LogP contribution in [0.4, 0.5) is 0 Å². The SMILES string of the molecule is C=C1SC(c2ccc(O)cc2C(C)(C)C)C(=O)N1C. The first-order valence-corrected chi connectivity index (χ1v) is 7.06. The molecule has 0 aliphatic carbocycles. The van der Waals surface area contributed by atoms with Gasteiger partial charge in [0.15, 0.2) is 0 Å². The summed E-state index contributed by atoms with van der Waals surface area (Å²) in [5.41, 5.74) is 1.84. The van der Waals surface area contributed by atoms with E-state index in [1.54, 1.807) is 24.1 Å². The van der Waals surface area contributed by atoms with Crippen molar-refractivity contribution in [1.29, 1.82) is 0 Å². The van der Waals surface area contributed by atoms with Gasteiger partial charge in [0.2, 0.25) is 5.91 Å². The lowest BCUT2D eigenvalue weighted by Crippen LogP contribution is -2.23. The number of phenols is 1. The molecule has 1 fully saturated rings. The van der Waals surface area contributed by atoms with Crippen LogP contribution in [0.1, 0.15) is 37.1 Å². The summed E-state index contributed by atoms with van der Waals surface area (Å²) >= 11 is 1.47. The van der Waals surface area contributed by atoms with Gasteiger partial charge in [0.25, 0.3) is 0 Å². The van der Waals surface area contributed by atoms with Crippen molar-refractivity contribution in [2.24, 2.45) is 0 Å². The molecule has 1 atom stereocenters. The molecule has 1 aromatic carbocycles. The summed E-state index contributed by atoms with van der Waals surface area (Å²) in [6.07, 6.45) is 0. The number of phenolic OH excluding ortho intramolecular Hbond substituents is 1.